The smallest absolute Gasteiger partial charge is 0.252 e. The molecular weight excluding hydrogens is 743 g/mol. The summed E-state index contributed by atoms with van der Waals surface area (Å²) in [4.78, 5) is 7.18. The van der Waals surface area contributed by atoms with Crippen molar-refractivity contribution in [1.82, 2.24) is 0 Å². The van der Waals surface area contributed by atoms with Crippen LogP contribution in [0.25, 0.3) is 0 Å². The Kier molecular flexibility index (Phi) is 9.35. The number of hydrogen-bond donors (Lipinski definition) is 0. The maximum Gasteiger partial charge on any atom is 0.252 e. The van der Waals surface area contributed by atoms with E-state index in [1.165, 1.54) is 16.7 Å². The molecule has 0 spiro atoms. The number of hydrogen-bond acceptors (Lipinski definition) is 6. The van der Waals surface area contributed by atoms with Gasteiger partial charge in [-0.25, -0.2) is 0 Å². The van der Waals surface area contributed by atoms with Crippen LogP contribution in [0.5, 0.6) is 0 Å². The Bertz CT molecular complexity index is 2920. The fourth-order valence-electron chi connectivity index (χ4n) is 10.4. The SMILES string of the molecule is Cc1cc(C)c(N(c2ccc(C#N)cc2)c2cc3c4c(c2)N(c2c(C)cc(C)cc2C)c2ccc(C#N)cc2B4c2cc(C#N)ccc2N3c2c(C)cc(C)cc2C)c(C)c1. The lowest BCUT2D eigenvalue weighted by molar-refractivity contribution is 1.17. The van der Waals surface area contributed by atoms with Gasteiger partial charge in [0.1, 0.15) is 0 Å². The fraction of sp³-hybridized carbons (Fsp3) is 0.167. The summed E-state index contributed by atoms with van der Waals surface area (Å²) in [5.41, 5.74) is 24.5. The third kappa shape index (κ3) is 6.23. The highest BCUT2D eigenvalue weighted by Gasteiger charge is 2.45. The van der Waals surface area contributed by atoms with E-state index in [4.69, 9.17) is 0 Å². The molecular formula is C54H45BN6. The molecule has 7 aromatic carbocycles. The van der Waals surface area contributed by atoms with Crippen LogP contribution < -0.4 is 31.1 Å². The zero-order valence-corrected chi connectivity index (χ0v) is 36.2. The molecule has 0 saturated heterocycles. The van der Waals surface area contributed by atoms with Gasteiger partial charge in [0, 0.05) is 28.4 Å². The van der Waals surface area contributed by atoms with Gasteiger partial charge in [0.25, 0.3) is 6.71 Å². The highest BCUT2D eigenvalue weighted by Crippen LogP contribution is 2.51. The van der Waals surface area contributed by atoms with Gasteiger partial charge in [0.2, 0.25) is 0 Å². The first-order chi connectivity index (χ1) is 29.3. The van der Waals surface area contributed by atoms with Crippen molar-refractivity contribution in [3.05, 3.63) is 176 Å². The minimum atomic E-state index is -0.290. The lowest BCUT2D eigenvalue weighted by Gasteiger charge is -2.46. The molecule has 2 heterocycles. The predicted molar refractivity (Wildman–Crippen MR) is 252 cm³/mol. The molecule has 9 rings (SSSR count). The largest absolute Gasteiger partial charge is 0.311 e. The van der Waals surface area contributed by atoms with Gasteiger partial charge in [0.15, 0.2) is 0 Å². The zero-order chi connectivity index (χ0) is 43.0. The summed E-state index contributed by atoms with van der Waals surface area (Å²) in [6.45, 7) is 19.2. The van der Waals surface area contributed by atoms with Crippen molar-refractivity contribution in [3.63, 3.8) is 0 Å². The number of fused-ring (bicyclic) bond motifs is 4. The Labute approximate surface area is 359 Å². The molecule has 0 bridgehead atoms. The molecule has 61 heavy (non-hydrogen) atoms. The van der Waals surface area contributed by atoms with E-state index in [-0.39, 0.29) is 6.71 Å². The number of nitrogens with zero attached hydrogens (tertiary/aromatic N) is 6. The van der Waals surface area contributed by atoms with Crippen molar-refractivity contribution >= 4 is 74.3 Å². The summed E-state index contributed by atoms with van der Waals surface area (Å²) in [5.74, 6) is 0. The van der Waals surface area contributed by atoms with Crippen molar-refractivity contribution < 1.29 is 0 Å². The van der Waals surface area contributed by atoms with Gasteiger partial charge in [-0.05, 0) is 185 Å². The summed E-state index contributed by atoms with van der Waals surface area (Å²) in [6, 6.07) is 45.3. The Morgan fingerprint density at radius 3 is 1.18 bits per heavy atom. The molecule has 294 valence electrons. The number of anilines is 9. The Balaban J connectivity index is 1.49. The van der Waals surface area contributed by atoms with Crippen LogP contribution in [0.2, 0.25) is 0 Å². The highest BCUT2D eigenvalue weighted by atomic mass is 15.2. The highest BCUT2D eigenvalue weighted by molar-refractivity contribution is 7.00. The van der Waals surface area contributed by atoms with Crippen LogP contribution in [0, 0.1) is 96.3 Å². The van der Waals surface area contributed by atoms with Gasteiger partial charge in [-0.2, -0.15) is 15.8 Å². The van der Waals surface area contributed by atoms with Gasteiger partial charge in [0.05, 0.1) is 57.6 Å². The van der Waals surface area contributed by atoms with Crippen molar-refractivity contribution in [2.24, 2.45) is 0 Å². The van der Waals surface area contributed by atoms with Crippen LogP contribution in [-0.2, 0) is 0 Å². The molecule has 0 aromatic heterocycles. The van der Waals surface area contributed by atoms with Crippen LogP contribution in [0.15, 0.2) is 109 Å². The molecule has 0 radical (unpaired) electrons. The molecule has 0 fully saturated rings. The predicted octanol–water partition coefficient (Wildman–Crippen LogP) is 11.6. The average molecular weight is 789 g/mol. The monoisotopic (exact) mass is 788 g/mol. The van der Waals surface area contributed by atoms with Crippen LogP contribution in [-0.4, -0.2) is 6.71 Å². The third-order valence-electron chi connectivity index (χ3n) is 12.4. The summed E-state index contributed by atoms with van der Waals surface area (Å²) in [7, 11) is 0. The topological polar surface area (TPSA) is 81.1 Å². The minimum Gasteiger partial charge on any atom is -0.311 e. The fourth-order valence-corrected chi connectivity index (χ4v) is 10.4. The molecule has 0 unspecified atom stereocenters. The summed E-state index contributed by atoms with van der Waals surface area (Å²) in [6.07, 6.45) is 0. The van der Waals surface area contributed by atoms with Crippen LogP contribution in [0.4, 0.5) is 51.2 Å². The summed E-state index contributed by atoms with van der Waals surface area (Å²) < 4.78 is 0. The van der Waals surface area contributed by atoms with E-state index in [1.807, 2.05) is 36.4 Å². The second-order valence-corrected chi connectivity index (χ2v) is 17.0. The summed E-state index contributed by atoms with van der Waals surface area (Å²) >= 11 is 0. The molecule has 0 saturated carbocycles. The minimum absolute atomic E-state index is 0.290. The van der Waals surface area contributed by atoms with Gasteiger partial charge in [-0.1, -0.05) is 53.1 Å². The van der Waals surface area contributed by atoms with E-state index in [9.17, 15) is 15.8 Å². The molecule has 7 aromatic rings. The first-order valence-electron chi connectivity index (χ1n) is 20.7. The van der Waals surface area contributed by atoms with Gasteiger partial charge in [-0.3, -0.25) is 0 Å². The molecule has 0 aliphatic carbocycles. The number of nitriles is 3. The quantitative estimate of drug-likeness (QED) is 0.162. The Morgan fingerprint density at radius 1 is 0.410 bits per heavy atom. The van der Waals surface area contributed by atoms with Crippen LogP contribution in [0.1, 0.15) is 66.8 Å². The molecule has 2 aliphatic heterocycles. The molecule has 2 aliphatic rings. The van der Waals surface area contributed by atoms with E-state index in [0.29, 0.717) is 16.7 Å². The zero-order valence-electron chi connectivity index (χ0n) is 36.2. The molecule has 7 heteroatoms. The van der Waals surface area contributed by atoms with E-state index in [0.717, 1.165) is 101 Å². The average Bonchev–Trinajstić information content (AvgIpc) is 3.22. The Morgan fingerprint density at radius 2 is 0.787 bits per heavy atom. The van der Waals surface area contributed by atoms with Crippen LogP contribution >= 0.6 is 0 Å². The maximum absolute atomic E-state index is 10.4. The van der Waals surface area contributed by atoms with Crippen molar-refractivity contribution in [3.8, 4) is 18.2 Å². The molecule has 0 amide bonds. The van der Waals surface area contributed by atoms with E-state index < -0.39 is 0 Å². The third-order valence-corrected chi connectivity index (χ3v) is 12.4. The maximum atomic E-state index is 10.4. The number of aryl methyl sites for hydroxylation is 9. The first-order valence-corrected chi connectivity index (χ1v) is 20.7. The van der Waals surface area contributed by atoms with Gasteiger partial charge in [-0.15, -0.1) is 0 Å². The van der Waals surface area contributed by atoms with Crippen molar-refractivity contribution in [2.75, 3.05) is 14.7 Å². The number of rotatable bonds is 5. The van der Waals surface area contributed by atoms with Gasteiger partial charge >= 0.3 is 0 Å². The first kappa shape index (κ1) is 39.0. The standard InChI is InChI=1S/C54H45BN6/c1-31-18-34(4)52(35(5)19-31)59(43-14-10-40(28-56)11-15-43)44-26-49-51-50(27-44)61(54-38(8)22-33(3)23-39(54)9)48-17-13-42(30-58)25-46(48)55(51)45-24-41(29-57)12-16-47(45)60(49)53-36(6)20-32(2)21-37(53)7/h10-27H,1-9H3. The molecule has 0 atom stereocenters. The second-order valence-electron chi connectivity index (χ2n) is 17.0. The van der Waals surface area contributed by atoms with Crippen molar-refractivity contribution in [1.29, 1.82) is 15.8 Å². The lowest BCUT2D eigenvalue weighted by atomic mass is 9.33. The lowest BCUT2D eigenvalue weighted by Crippen LogP contribution is -2.61. The second kappa shape index (κ2) is 14.6. The van der Waals surface area contributed by atoms with Gasteiger partial charge < -0.3 is 14.7 Å². The molecule has 0 N–H and O–H groups in total. The number of benzene rings is 7. The molecule has 6 nitrogen and oxygen atoms in total. The van der Waals surface area contributed by atoms with E-state index in [1.54, 1.807) is 0 Å². The Hall–Kier alpha value is -7.53. The van der Waals surface area contributed by atoms with E-state index >= 15 is 0 Å². The summed E-state index contributed by atoms with van der Waals surface area (Å²) in [5, 5.41) is 30.6. The van der Waals surface area contributed by atoms with Crippen molar-refractivity contribution in [2.45, 2.75) is 62.3 Å². The van der Waals surface area contributed by atoms with E-state index in [2.05, 4.69) is 168 Å². The normalized spacial score (nSPS) is 12.2. The van der Waals surface area contributed by atoms with Crippen LogP contribution in [0.3, 0.4) is 0 Å².